The van der Waals surface area contributed by atoms with Crippen LogP contribution < -0.4 is 15.8 Å². The minimum atomic E-state index is -3.67. The van der Waals surface area contributed by atoms with E-state index in [1.165, 1.54) is 12.1 Å². The second-order valence-electron chi connectivity index (χ2n) is 6.48. The number of ether oxygens (including phenoxy) is 1. The molecule has 0 saturated heterocycles. The van der Waals surface area contributed by atoms with Crippen LogP contribution in [-0.4, -0.2) is 49.5 Å². The van der Waals surface area contributed by atoms with Gasteiger partial charge in [0.15, 0.2) is 0 Å². The lowest BCUT2D eigenvalue weighted by Crippen LogP contribution is -2.43. The Morgan fingerprint density at radius 3 is 2.37 bits per heavy atom. The van der Waals surface area contributed by atoms with Crippen molar-refractivity contribution in [3.05, 3.63) is 65.5 Å². The van der Waals surface area contributed by atoms with Crippen molar-refractivity contribution >= 4 is 16.0 Å². The minimum absolute atomic E-state index is 0.220. The number of carbonyl (C=O) groups is 1. The van der Waals surface area contributed by atoms with Gasteiger partial charge >= 0.3 is 0 Å². The lowest BCUT2D eigenvalue weighted by molar-refractivity contribution is -0.120. The topological polar surface area (TPSA) is 139 Å². The van der Waals surface area contributed by atoms with Crippen molar-refractivity contribution in [1.29, 1.82) is 0 Å². The number of nitrogens with two attached hydrogens (primary N) is 1. The van der Waals surface area contributed by atoms with Crippen LogP contribution in [0.3, 0.4) is 0 Å². The van der Waals surface area contributed by atoms with Crippen LogP contribution in [0.5, 0.6) is 5.75 Å². The molecule has 2 aromatic carbocycles. The van der Waals surface area contributed by atoms with E-state index < -0.39 is 22.1 Å². The highest BCUT2D eigenvalue weighted by Crippen LogP contribution is 2.13. The van der Waals surface area contributed by atoms with Gasteiger partial charge in [-0.2, -0.15) is 8.42 Å². The first-order valence-corrected chi connectivity index (χ1v) is 11.0. The van der Waals surface area contributed by atoms with Gasteiger partial charge in [0.25, 0.3) is 10.1 Å². The largest absolute Gasteiger partial charge is 0.494 e. The molecule has 0 aliphatic heterocycles. The summed E-state index contributed by atoms with van der Waals surface area (Å²) in [7, 11) is -3.67. The van der Waals surface area contributed by atoms with E-state index >= 15 is 0 Å². The number of hydrogen-bond donors (Lipinski definition) is 4. The Morgan fingerprint density at radius 2 is 1.83 bits per heavy atom. The molecule has 0 spiro atoms. The fourth-order valence-electron chi connectivity index (χ4n) is 2.36. The van der Waals surface area contributed by atoms with Crippen molar-refractivity contribution < 1.29 is 32.0 Å². The van der Waals surface area contributed by atoms with Gasteiger partial charge in [0.2, 0.25) is 5.91 Å². The van der Waals surface area contributed by atoms with Gasteiger partial charge in [-0.15, -0.1) is 0 Å². The van der Waals surface area contributed by atoms with Crippen LogP contribution in [0, 0.1) is 5.82 Å². The minimum Gasteiger partial charge on any atom is -0.494 e. The standard InChI is InChI=1S/C19H23FN2O3.CH4O3S/c20-16-5-1-3-14(11-16)4-2-10-25-17-8-6-15(7-9-17)12-22-18(13-23)19(21)24;1-5(2,3)4/h1,3,5-9,11,18,22-23H,2,4,10,12-13H2,(H2,21,24);1H3,(H,2,3,4). The Labute approximate surface area is 175 Å². The summed E-state index contributed by atoms with van der Waals surface area (Å²) in [5, 5.41) is 11.9. The maximum absolute atomic E-state index is 13.1. The van der Waals surface area contributed by atoms with Crippen LogP contribution in [0.25, 0.3) is 0 Å². The Bertz CT molecular complexity index is 882. The quantitative estimate of drug-likeness (QED) is 0.321. The molecule has 0 radical (unpaired) electrons. The number of hydrogen-bond acceptors (Lipinski definition) is 6. The summed E-state index contributed by atoms with van der Waals surface area (Å²) in [6.07, 6.45) is 2.27. The predicted molar refractivity (Wildman–Crippen MR) is 111 cm³/mol. The number of aliphatic hydroxyl groups is 1. The molecular weight excluding hydrogens is 415 g/mol. The van der Waals surface area contributed by atoms with Gasteiger partial charge in [-0.3, -0.25) is 14.7 Å². The number of halogens is 1. The van der Waals surface area contributed by atoms with Gasteiger partial charge in [-0.05, 0) is 48.2 Å². The molecule has 0 aliphatic carbocycles. The summed E-state index contributed by atoms with van der Waals surface area (Å²) in [5.74, 6) is -0.0558. The van der Waals surface area contributed by atoms with Crippen molar-refractivity contribution in [2.45, 2.75) is 25.4 Å². The average Bonchev–Trinajstić information content (AvgIpc) is 2.65. The van der Waals surface area contributed by atoms with Gasteiger partial charge in [-0.1, -0.05) is 24.3 Å². The van der Waals surface area contributed by atoms with E-state index in [1.807, 2.05) is 30.3 Å². The number of aliphatic hydroxyl groups excluding tert-OH is 1. The molecule has 1 unspecified atom stereocenters. The van der Waals surface area contributed by atoms with Crippen LogP contribution in [0.15, 0.2) is 48.5 Å². The average molecular weight is 443 g/mol. The smallest absolute Gasteiger partial charge is 0.261 e. The molecule has 0 aromatic heterocycles. The molecule has 0 saturated carbocycles. The number of benzene rings is 2. The maximum Gasteiger partial charge on any atom is 0.261 e. The Kier molecular flexibility index (Phi) is 11.0. The van der Waals surface area contributed by atoms with Crippen molar-refractivity contribution in [2.75, 3.05) is 19.5 Å². The summed E-state index contributed by atoms with van der Waals surface area (Å²) >= 11 is 0. The van der Waals surface area contributed by atoms with Crippen LogP contribution in [0.4, 0.5) is 4.39 Å². The van der Waals surface area contributed by atoms with Gasteiger partial charge in [0.05, 0.1) is 19.5 Å². The fourth-order valence-corrected chi connectivity index (χ4v) is 2.36. The van der Waals surface area contributed by atoms with Crippen molar-refractivity contribution in [1.82, 2.24) is 5.32 Å². The molecular formula is C20H27FN2O6S. The number of carbonyl (C=O) groups excluding carboxylic acids is 1. The molecule has 1 atom stereocenters. The number of nitrogens with one attached hydrogen (secondary N) is 1. The van der Waals surface area contributed by atoms with Gasteiger partial charge in [0.1, 0.15) is 17.6 Å². The molecule has 2 aromatic rings. The van der Waals surface area contributed by atoms with Crippen LogP contribution >= 0.6 is 0 Å². The second-order valence-corrected chi connectivity index (χ2v) is 7.94. The number of amides is 1. The van der Waals surface area contributed by atoms with E-state index in [0.29, 0.717) is 19.4 Å². The highest BCUT2D eigenvalue weighted by molar-refractivity contribution is 7.85. The van der Waals surface area contributed by atoms with Crippen molar-refractivity contribution in [3.8, 4) is 5.75 Å². The molecule has 0 aliphatic rings. The third-order valence-electron chi connectivity index (χ3n) is 3.77. The monoisotopic (exact) mass is 442 g/mol. The SMILES string of the molecule is CS(=O)(=O)O.NC(=O)C(CO)NCc1ccc(OCCCc2cccc(F)c2)cc1. The van der Waals surface area contributed by atoms with E-state index in [9.17, 15) is 17.6 Å². The molecule has 0 bridgehead atoms. The van der Waals surface area contributed by atoms with E-state index in [2.05, 4.69) is 5.32 Å². The zero-order valence-corrected chi connectivity index (χ0v) is 17.4. The van der Waals surface area contributed by atoms with E-state index in [4.69, 9.17) is 20.1 Å². The molecule has 10 heteroatoms. The second kappa shape index (κ2) is 12.9. The van der Waals surface area contributed by atoms with Crippen LogP contribution in [-0.2, 0) is 27.9 Å². The van der Waals surface area contributed by atoms with Gasteiger partial charge in [0, 0.05) is 6.54 Å². The van der Waals surface area contributed by atoms with Crippen LogP contribution in [0.1, 0.15) is 17.5 Å². The summed E-state index contributed by atoms with van der Waals surface area (Å²) in [5.41, 5.74) is 7.06. The molecule has 30 heavy (non-hydrogen) atoms. The number of primary amides is 1. The van der Waals surface area contributed by atoms with Crippen molar-refractivity contribution in [3.63, 3.8) is 0 Å². The Morgan fingerprint density at radius 1 is 1.20 bits per heavy atom. The van der Waals surface area contributed by atoms with E-state index in [1.54, 1.807) is 6.07 Å². The predicted octanol–water partition coefficient (Wildman–Crippen LogP) is 1.28. The zero-order valence-electron chi connectivity index (χ0n) is 16.6. The third-order valence-corrected chi connectivity index (χ3v) is 3.77. The first-order chi connectivity index (χ1) is 14.1. The summed E-state index contributed by atoms with van der Waals surface area (Å²) in [4.78, 5) is 11.0. The summed E-state index contributed by atoms with van der Waals surface area (Å²) < 4.78 is 44.6. The Hall–Kier alpha value is -2.53. The van der Waals surface area contributed by atoms with Crippen LogP contribution in [0.2, 0.25) is 0 Å². The van der Waals surface area contributed by atoms with E-state index in [0.717, 1.165) is 29.7 Å². The molecule has 1 amide bonds. The first-order valence-electron chi connectivity index (χ1n) is 9.10. The van der Waals surface area contributed by atoms with Crippen molar-refractivity contribution in [2.24, 2.45) is 5.73 Å². The molecule has 0 heterocycles. The third kappa shape index (κ3) is 12.1. The van der Waals surface area contributed by atoms with E-state index in [-0.39, 0.29) is 12.4 Å². The maximum atomic E-state index is 13.1. The fraction of sp³-hybridized carbons (Fsp3) is 0.350. The lowest BCUT2D eigenvalue weighted by Gasteiger charge is -2.13. The molecule has 5 N–H and O–H groups in total. The molecule has 166 valence electrons. The molecule has 0 fully saturated rings. The molecule has 2 rings (SSSR count). The summed E-state index contributed by atoms with van der Waals surface area (Å²) in [6.45, 7) is 0.637. The first kappa shape index (κ1) is 25.5. The Balaban J connectivity index is 0.000000804. The lowest BCUT2D eigenvalue weighted by atomic mass is 10.1. The summed E-state index contributed by atoms with van der Waals surface area (Å²) in [6, 6.07) is 13.3. The zero-order chi connectivity index (χ0) is 22.6. The normalized spacial score (nSPS) is 11.9. The van der Waals surface area contributed by atoms with Gasteiger partial charge in [-0.25, -0.2) is 4.39 Å². The number of aryl methyl sites for hydroxylation is 1. The number of rotatable bonds is 10. The highest BCUT2D eigenvalue weighted by atomic mass is 32.2. The highest BCUT2D eigenvalue weighted by Gasteiger charge is 2.12. The van der Waals surface area contributed by atoms with Gasteiger partial charge < -0.3 is 15.6 Å². The molecule has 8 nitrogen and oxygen atoms in total.